The maximum Gasteiger partial charge on any atom is 0.349 e. The maximum atomic E-state index is 12.8. The molecule has 0 saturated carbocycles. The van der Waals surface area contributed by atoms with Gasteiger partial charge in [0.1, 0.15) is 12.4 Å². The Balaban J connectivity index is 1.38. The first-order valence-corrected chi connectivity index (χ1v) is 12.2. The molecule has 0 atom stereocenters. The Morgan fingerprint density at radius 1 is 0.973 bits per heavy atom. The van der Waals surface area contributed by atoms with Gasteiger partial charge in [-0.25, -0.2) is 4.79 Å². The van der Waals surface area contributed by atoms with Gasteiger partial charge in [0.15, 0.2) is 0 Å². The molecule has 0 amide bonds. The summed E-state index contributed by atoms with van der Waals surface area (Å²) in [4.78, 5) is 27.9. The standard InChI is InChI=1S/C28H22Cl2N4O3/c1-17-13-20(15-31-34-27(35)24-5-3-4-6-26(24)32-28(34)36)18(2)33(17)22-9-11-23(12-10-22)37-16-19-7-8-21(29)14-25(19)30/h3-15H,16H2,1-2H3,(H,32,36). The first-order chi connectivity index (χ1) is 17.8. The van der Waals surface area contributed by atoms with E-state index in [9.17, 15) is 9.59 Å². The van der Waals surface area contributed by atoms with Crippen molar-refractivity contribution >= 4 is 40.3 Å². The fourth-order valence-corrected chi connectivity index (χ4v) is 4.65. The molecule has 2 aromatic heterocycles. The Labute approximate surface area is 222 Å². The molecule has 0 spiro atoms. The minimum atomic E-state index is -0.593. The van der Waals surface area contributed by atoms with E-state index in [2.05, 4.69) is 14.7 Å². The SMILES string of the molecule is Cc1cc(C=Nn2c(=O)[nH]c3ccccc3c2=O)c(C)n1-c1ccc(OCc2ccc(Cl)cc2Cl)cc1. The second-order valence-corrected chi connectivity index (χ2v) is 9.36. The van der Waals surface area contributed by atoms with Crippen LogP contribution in [0.4, 0.5) is 0 Å². The number of fused-ring (bicyclic) bond motifs is 1. The third-order valence-corrected chi connectivity index (χ3v) is 6.66. The molecule has 0 aliphatic carbocycles. The van der Waals surface area contributed by atoms with Crippen LogP contribution < -0.4 is 16.0 Å². The molecular weight excluding hydrogens is 511 g/mol. The number of ether oxygens (including phenoxy) is 1. The summed E-state index contributed by atoms with van der Waals surface area (Å²) in [6.45, 7) is 4.26. The molecule has 0 aliphatic rings. The summed E-state index contributed by atoms with van der Waals surface area (Å²) >= 11 is 12.2. The predicted octanol–water partition coefficient (Wildman–Crippen LogP) is 5.87. The number of rotatable bonds is 6. The van der Waals surface area contributed by atoms with E-state index < -0.39 is 11.2 Å². The van der Waals surface area contributed by atoms with Crippen molar-refractivity contribution in [2.75, 3.05) is 0 Å². The summed E-state index contributed by atoms with van der Waals surface area (Å²) in [5.41, 5.74) is 3.87. The molecule has 0 radical (unpaired) electrons. The van der Waals surface area contributed by atoms with Gasteiger partial charge in [-0.15, -0.1) is 4.68 Å². The molecule has 0 fully saturated rings. The fourth-order valence-electron chi connectivity index (χ4n) is 4.18. The lowest BCUT2D eigenvalue weighted by molar-refractivity contribution is 0.306. The van der Waals surface area contributed by atoms with Crippen LogP contribution in [0.25, 0.3) is 16.6 Å². The molecule has 37 heavy (non-hydrogen) atoms. The molecule has 5 aromatic rings. The second kappa shape index (κ2) is 10.1. The molecule has 0 aliphatic heterocycles. The van der Waals surface area contributed by atoms with E-state index in [-0.39, 0.29) is 0 Å². The molecule has 0 bridgehead atoms. The minimum absolute atomic E-state index is 0.324. The first kappa shape index (κ1) is 24.6. The van der Waals surface area contributed by atoms with Gasteiger partial charge in [0.2, 0.25) is 0 Å². The Morgan fingerprint density at radius 2 is 1.73 bits per heavy atom. The molecule has 0 unspecified atom stereocenters. The number of nitrogens with zero attached hydrogens (tertiary/aromatic N) is 3. The normalized spacial score (nSPS) is 11.5. The highest BCUT2D eigenvalue weighted by Crippen LogP contribution is 2.25. The lowest BCUT2D eigenvalue weighted by Gasteiger charge is -2.12. The highest BCUT2D eigenvalue weighted by Gasteiger charge is 2.11. The van der Waals surface area contributed by atoms with Crippen LogP contribution in [0.15, 0.2) is 87.5 Å². The van der Waals surface area contributed by atoms with Crippen LogP contribution in [-0.4, -0.2) is 20.4 Å². The van der Waals surface area contributed by atoms with Gasteiger partial charge < -0.3 is 14.3 Å². The van der Waals surface area contributed by atoms with E-state index >= 15 is 0 Å². The third-order valence-electron chi connectivity index (χ3n) is 6.07. The Kier molecular flexibility index (Phi) is 6.74. The summed E-state index contributed by atoms with van der Waals surface area (Å²) in [6.07, 6.45) is 1.53. The predicted molar refractivity (Wildman–Crippen MR) is 148 cm³/mol. The molecule has 1 N–H and O–H groups in total. The summed E-state index contributed by atoms with van der Waals surface area (Å²) in [5, 5.41) is 5.73. The molecular formula is C28H22Cl2N4O3. The summed E-state index contributed by atoms with van der Waals surface area (Å²) in [6, 6.07) is 21.8. The number of aryl methyl sites for hydroxylation is 1. The van der Waals surface area contributed by atoms with Crippen molar-refractivity contribution in [3.05, 3.63) is 126 Å². The van der Waals surface area contributed by atoms with Crippen molar-refractivity contribution in [3.63, 3.8) is 0 Å². The number of H-pyrrole nitrogens is 1. The van der Waals surface area contributed by atoms with Gasteiger partial charge >= 0.3 is 5.69 Å². The monoisotopic (exact) mass is 532 g/mol. The highest BCUT2D eigenvalue weighted by atomic mass is 35.5. The molecule has 5 rings (SSSR count). The number of hydrogen-bond donors (Lipinski definition) is 1. The van der Waals surface area contributed by atoms with Crippen LogP contribution >= 0.6 is 23.2 Å². The van der Waals surface area contributed by atoms with Crippen LogP contribution in [0, 0.1) is 13.8 Å². The van der Waals surface area contributed by atoms with Crippen molar-refractivity contribution in [1.82, 2.24) is 14.2 Å². The van der Waals surface area contributed by atoms with E-state index in [0.717, 1.165) is 32.9 Å². The quantitative estimate of drug-likeness (QED) is 0.278. The van der Waals surface area contributed by atoms with E-state index in [1.165, 1.54) is 6.21 Å². The molecule has 9 heteroatoms. The van der Waals surface area contributed by atoms with Crippen LogP contribution in [0.3, 0.4) is 0 Å². The number of halogens is 2. The van der Waals surface area contributed by atoms with Gasteiger partial charge in [0.25, 0.3) is 5.56 Å². The average molecular weight is 533 g/mol. The zero-order chi connectivity index (χ0) is 26.1. The maximum absolute atomic E-state index is 12.8. The number of aromatic amines is 1. The second-order valence-electron chi connectivity index (χ2n) is 8.52. The van der Waals surface area contributed by atoms with E-state index in [4.69, 9.17) is 27.9 Å². The van der Waals surface area contributed by atoms with Gasteiger partial charge in [-0.3, -0.25) is 4.79 Å². The lowest BCUT2D eigenvalue weighted by Crippen LogP contribution is -2.32. The Morgan fingerprint density at radius 3 is 2.49 bits per heavy atom. The molecule has 186 valence electrons. The summed E-state index contributed by atoms with van der Waals surface area (Å²) < 4.78 is 8.79. The number of hydrogen-bond acceptors (Lipinski definition) is 4. The number of aromatic nitrogens is 3. The summed E-state index contributed by atoms with van der Waals surface area (Å²) in [7, 11) is 0. The number of nitrogens with one attached hydrogen (secondary N) is 1. The van der Waals surface area contributed by atoms with Crippen LogP contribution in [-0.2, 0) is 6.61 Å². The van der Waals surface area contributed by atoms with E-state index in [0.29, 0.717) is 33.3 Å². The van der Waals surface area contributed by atoms with Gasteiger partial charge in [0, 0.05) is 38.2 Å². The molecule has 0 saturated heterocycles. The van der Waals surface area contributed by atoms with E-state index in [1.54, 1.807) is 36.4 Å². The van der Waals surface area contributed by atoms with Gasteiger partial charge in [-0.05, 0) is 68.4 Å². The van der Waals surface area contributed by atoms with E-state index in [1.807, 2.05) is 50.2 Å². The van der Waals surface area contributed by atoms with Crippen molar-refractivity contribution in [2.24, 2.45) is 5.10 Å². The van der Waals surface area contributed by atoms with Gasteiger partial charge in [-0.2, -0.15) is 5.10 Å². The van der Waals surface area contributed by atoms with Crippen molar-refractivity contribution in [1.29, 1.82) is 0 Å². The van der Waals surface area contributed by atoms with Gasteiger partial charge in [-0.1, -0.05) is 41.4 Å². The minimum Gasteiger partial charge on any atom is -0.489 e. The molecule has 3 aromatic carbocycles. The zero-order valence-corrected chi connectivity index (χ0v) is 21.5. The molecule has 2 heterocycles. The Bertz CT molecular complexity index is 1770. The van der Waals surface area contributed by atoms with Crippen molar-refractivity contribution < 1.29 is 4.74 Å². The lowest BCUT2D eigenvalue weighted by atomic mass is 10.2. The summed E-state index contributed by atoms with van der Waals surface area (Å²) in [5.74, 6) is 0.703. The molecule has 7 nitrogen and oxygen atoms in total. The third kappa shape index (κ3) is 4.96. The first-order valence-electron chi connectivity index (χ1n) is 11.5. The van der Waals surface area contributed by atoms with Crippen molar-refractivity contribution in [3.8, 4) is 11.4 Å². The van der Waals surface area contributed by atoms with Crippen molar-refractivity contribution in [2.45, 2.75) is 20.5 Å². The average Bonchev–Trinajstić information content (AvgIpc) is 3.16. The number of benzene rings is 3. The smallest absolute Gasteiger partial charge is 0.349 e. The Hall–Kier alpha value is -4.07. The zero-order valence-electron chi connectivity index (χ0n) is 20.0. The van der Waals surface area contributed by atoms with Gasteiger partial charge in [0.05, 0.1) is 17.1 Å². The van der Waals surface area contributed by atoms with Crippen LogP contribution in [0.2, 0.25) is 10.0 Å². The van der Waals surface area contributed by atoms with Crippen LogP contribution in [0.5, 0.6) is 5.75 Å². The number of para-hydroxylation sites is 1. The van der Waals surface area contributed by atoms with Crippen LogP contribution in [0.1, 0.15) is 22.5 Å². The fraction of sp³-hybridized carbons (Fsp3) is 0.107. The topological polar surface area (TPSA) is 81.4 Å². The largest absolute Gasteiger partial charge is 0.489 e. The highest BCUT2D eigenvalue weighted by molar-refractivity contribution is 6.35.